The number of benzene rings is 2. The molecule has 0 aliphatic carbocycles. The van der Waals surface area contributed by atoms with Crippen LogP contribution in [0.15, 0.2) is 47.2 Å². The smallest absolute Gasteiger partial charge is 0.128 e. The summed E-state index contributed by atoms with van der Waals surface area (Å²) in [6.07, 6.45) is 1.62. The lowest BCUT2D eigenvalue weighted by Crippen LogP contribution is -2.01. The number of aromatic nitrogens is 2. The minimum Gasteiger partial charge on any atom is -0.325 e. The molecule has 5 heteroatoms. The third-order valence-corrected chi connectivity index (χ3v) is 3.58. The van der Waals surface area contributed by atoms with Crippen LogP contribution in [0.4, 0.5) is 8.78 Å². The van der Waals surface area contributed by atoms with Crippen molar-refractivity contribution in [1.82, 2.24) is 9.55 Å². The molecule has 0 aliphatic rings. The van der Waals surface area contributed by atoms with Crippen molar-refractivity contribution in [3.05, 3.63) is 64.4 Å². The van der Waals surface area contributed by atoms with Crippen LogP contribution in [0.2, 0.25) is 0 Å². The van der Waals surface area contributed by atoms with Crippen molar-refractivity contribution in [2.24, 2.45) is 0 Å². The molecule has 2 aromatic carbocycles. The Kier molecular flexibility index (Phi) is 3.06. The molecule has 0 amide bonds. The molecule has 1 heterocycles. The van der Waals surface area contributed by atoms with Gasteiger partial charge in [0, 0.05) is 10.0 Å². The highest BCUT2D eigenvalue weighted by molar-refractivity contribution is 9.10. The predicted molar refractivity (Wildman–Crippen MR) is 72.9 cm³/mol. The van der Waals surface area contributed by atoms with Gasteiger partial charge in [0.05, 0.1) is 23.9 Å². The number of hydrogen-bond acceptors (Lipinski definition) is 1. The van der Waals surface area contributed by atoms with Gasteiger partial charge in [-0.2, -0.15) is 0 Å². The van der Waals surface area contributed by atoms with Gasteiger partial charge in [0.15, 0.2) is 0 Å². The summed E-state index contributed by atoms with van der Waals surface area (Å²) in [6, 6.07) is 9.10. The lowest BCUT2D eigenvalue weighted by atomic mass is 10.2. The topological polar surface area (TPSA) is 17.8 Å². The van der Waals surface area contributed by atoms with E-state index in [0.717, 1.165) is 27.6 Å². The molecule has 0 spiro atoms. The Morgan fingerprint density at radius 2 is 2.00 bits per heavy atom. The van der Waals surface area contributed by atoms with Gasteiger partial charge in [-0.15, -0.1) is 0 Å². The number of hydrogen-bond donors (Lipinski definition) is 0. The number of nitrogens with zero attached hydrogens (tertiary/aromatic N) is 2. The fourth-order valence-electron chi connectivity index (χ4n) is 2.05. The lowest BCUT2D eigenvalue weighted by Gasteiger charge is -2.07. The average molecular weight is 323 g/mol. The lowest BCUT2D eigenvalue weighted by molar-refractivity contribution is 0.578. The Morgan fingerprint density at radius 1 is 1.16 bits per heavy atom. The van der Waals surface area contributed by atoms with Crippen molar-refractivity contribution in [1.29, 1.82) is 0 Å². The fourth-order valence-corrected chi connectivity index (χ4v) is 2.63. The summed E-state index contributed by atoms with van der Waals surface area (Å²) in [5.74, 6) is -0.866. The van der Waals surface area contributed by atoms with Crippen LogP contribution < -0.4 is 0 Å². The molecule has 1 aromatic heterocycles. The molecule has 0 radical (unpaired) electrons. The normalized spacial score (nSPS) is 11.1. The molecule has 0 saturated carbocycles. The molecule has 0 atom stereocenters. The Balaban J connectivity index is 2.08. The van der Waals surface area contributed by atoms with Crippen molar-refractivity contribution < 1.29 is 8.78 Å². The first kappa shape index (κ1) is 12.3. The van der Waals surface area contributed by atoms with Gasteiger partial charge in [0.2, 0.25) is 0 Å². The van der Waals surface area contributed by atoms with Gasteiger partial charge in [-0.05, 0) is 46.3 Å². The van der Waals surface area contributed by atoms with E-state index in [-0.39, 0.29) is 6.54 Å². The highest BCUT2D eigenvalue weighted by atomic mass is 79.9. The van der Waals surface area contributed by atoms with Crippen molar-refractivity contribution in [2.75, 3.05) is 0 Å². The monoisotopic (exact) mass is 322 g/mol. The second-order valence-corrected chi connectivity index (χ2v) is 5.07. The zero-order chi connectivity index (χ0) is 13.4. The van der Waals surface area contributed by atoms with Crippen LogP contribution in [0.3, 0.4) is 0 Å². The highest BCUT2D eigenvalue weighted by Gasteiger charge is 2.09. The third-order valence-electron chi connectivity index (χ3n) is 2.94. The molecule has 0 fully saturated rings. The third kappa shape index (κ3) is 2.26. The van der Waals surface area contributed by atoms with E-state index in [1.807, 2.05) is 18.2 Å². The first-order valence-electron chi connectivity index (χ1n) is 5.68. The maximum Gasteiger partial charge on any atom is 0.128 e. The Bertz CT molecular complexity index is 752. The van der Waals surface area contributed by atoms with E-state index in [2.05, 4.69) is 20.9 Å². The van der Waals surface area contributed by atoms with E-state index in [4.69, 9.17) is 0 Å². The van der Waals surface area contributed by atoms with Crippen LogP contribution in [0, 0.1) is 11.6 Å². The van der Waals surface area contributed by atoms with E-state index in [0.29, 0.717) is 5.56 Å². The second kappa shape index (κ2) is 4.74. The molecule has 96 valence electrons. The van der Waals surface area contributed by atoms with Gasteiger partial charge in [0.25, 0.3) is 0 Å². The molecule has 2 nitrogen and oxygen atoms in total. The molecule has 0 saturated heterocycles. The molecule has 3 rings (SSSR count). The van der Waals surface area contributed by atoms with Crippen molar-refractivity contribution in [2.45, 2.75) is 6.54 Å². The number of para-hydroxylation sites is 1. The summed E-state index contributed by atoms with van der Waals surface area (Å²) >= 11 is 3.44. The zero-order valence-corrected chi connectivity index (χ0v) is 11.4. The predicted octanol–water partition coefficient (Wildman–Crippen LogP) is 4.13. The Hall–Kier alpha value is -1.75. The standard InChI is InChI=1S/C14H9BrF2N2/c15-11-2-1-3-13-14(11)19(8-18-13)7-9-6-10(16)4-5-12(9)17/h1-6,8H,7H2. The van der Waals surface area contributed by atoms with E-state index in [9.17, 15) is 8.78 Å². The summed E-state index contributed by atoms with van der Waals surface area (Å²) in [7, 11) is 0. The van der Waals surface area contributed by atoms with Crippen molar-refractivity contribution in [3.8, 4) is 0 Å². The van der Waals surface area contributed by atoms with Gasteiger partial charge < -0.3 is 4.57 Å². The molecule has 0 N–H and O–H groups in total. The van der Waals surface area contributed by atoms with Gasteiger partial charge in [-0.3, -0.25) is 0 Å². The van der Waals surface area contributed by atoms with Gasteiger partial charge in [-0.25, -0.2) is 13.8 Å². The molecule has 0 bridgehead atoms. The minimum atomic E-state index is -0.445. The van der Waals surface area contributed by atoms with E-state index in [1.165, 1.54) is 6.07 Å². The SMILES string of the molecule is Fc1ccc(F)c(Cn2cnc3cccc(Br)c32)c1. The average Bonchev–Trinajstić information content (AvgIpc) is 2.79. The molecule has 0 aliphatic heterocycles. The molecular formula is C14H9BrF2N2. The number of rotatable bonds is 2. The number of imidazole rings is 1. The molecule has 3 aromatic rings. The summed E-state index contributed by atoms with van der Waals surface area (Å²) in [4.78, 5) is 4.24. The Morgan fingerprint density at radius 3 is 2.84 bits per heavy atom. The van der Waals surface area contributed by atoms with E-state index < -0.39 is 11.6 Å². The first-order valence-corrected chi connectivity index (χ1v) is 6.48. The van der Waals surface area contributed by atoms with Gasteiger partial charge in [-0.1, -0.05) is 6.07 Å². The number of halogens is 3. The van der Waals surface area contributed by atoms with Crippen LogP contribution in [0.5, 0.6) is 0 Å². The molecule has 19 heavy (non-hydrogen) atoms. The van der Waals surface area contributed by atoms with E-state index in [1.54, 1.807) is 10.9 Å². The van der Waals surface area contributed by atoms with Gasteiger partial charge >= 0.3 is 0 Å². The second-order valence-electron chi connectivity index (χ2n) is 4.22. The quantitative estimate of drug-likeness (QED) is 0.693. The minimum absolute atomic E-state index is 0.239. The molecule has 0 unspecified atom stereocenters. The molecular weight excluding hydrogens is 314 g/mol. The number of fused-ring (bicyclic) bond motifs is 1. The maximum absolute atomic E-state index is 13.7. The largest absolute Gasteiger partial charge is 0.325 e. The van der Waals surface area contributed by atoms with Gasteiger partial charge in [0.1, 0.15) is 11.6 Å². The first-order chi connectivity index (χ1) is 9.15. The van der Waals surface area contributed by atoms with Crippen molar-refractivity contribution >= 4 is 27.0 Å². The Labute approximate surface area is 116 Å². The highest BCUT2D eigenvalue weighted by Crippen LogP contribution is 2.24. The fraction of sp³-hybridized carbons (Fsp3) is 0.0714. The van der Waals surface area contributed by atoms with Crippen LogP contribution in [0.25, 0.3) is 11.0 Å². The van der Waals surface area contributed by atoms with Crippen molar-refractivity contribution in [3.63, 3.8) is 0 Å². The van der Waals surface area contributed by atoms with E-state index >= 15 is 0 Å². The van der Waals surface area contributed by atoms with Crippen LogP contribution in [-0.4, -0.2) is 9.55 Å². The van der Waals surface area contributed by atoms with Crippen LogP contribution >= 0.6 is 15.9 Å². The van der Waals surface area contributed by atoms with Crippen LogP contribution in [-0.2, 0) is 6.54 Å². The summed E-state index contributed by atoms with van der Waals surface area (Å²) < 4.78 is 29.5. The van der Waals surface area contributed by atoms with Crippen LogP contribution in [0.1, 0.15) is 5.56 Å². The summed E-state index contributed by atoms with van der Waals surface area (Å²) in [5.41, 5.74) is 1.98. The summed E-state index contributed by atoms with van der Waals surface area (Å²) in [6.45, 7) is 0.239. The summed E-state index contributed by atoms with van der Waals surface area (Å²) in [5, 5.41) is 0. The zero-order valence-electron chi connectivity index (χ0n) is 9.78. The maximum atomic E-state index is 13.7.